The van der Waals surface area contributed by atoms with Crippen molar-refractivity contribution in [1.82, 2.24) is 25.8 Å². The quantitative estimate of drug-likeness (QED) is 0.313. The standard InChI is InChI=1S/C27H24F3N5O3/c1-14(18-5-3-4-6-21(18)27(28,29)30)32-24(36)20-11-16(13-31-26(20)38-2)15-7-10-19-22(12-15)34-35-23(19)25(37)33-17-8-9-17/h3-7,10-14,17H,8-9H2,1-2H3,(H,32,36)(H,33,37)(H,34,35)/t14-/m0/s1/i2D3. The minimum Gasteiger partial charge on any atom is -0.480 e. The molecule has 0 unspecified atom stereocenters. The van der Waals surface area contributed by atoms with Crippen LogP contribution in [0.1, 0.15) is 61.9 Å². The Labute approximate surface area is 219 Å². The van der Waals surface area contributed by atoms with E-state index in [2.05, 4.69) is 25.8 Å². The molecule has 8 nitrogen and oxygen atoms in total. The highest BCUT2D eigenvalue weighted by molar-refractivity contribution is 6.05. The predicted molar refractivity (Wildman–Crippen MR) is 134 cm³/mol. The Morgan fingerprint density at radius 3 is 2.66 bits per heavy atom. The first-order valence-corrected chi connectivity index (χ1v) is 11.8. The molecule has 196 valence electrons. The molecular formula is C27H24F3N5O3. The van der Waals surface area contributed by atoms with Gasteiger partial charge in [0.15, 0.2) is 5.69 Å². The molecule has 0 radical (unpaired) electrons. The SMILES string of the molecule is [2H]C([2H])([2H])Oc1ncc(-c2ccc3c(C(=O)NC4CC4)n[nH]c3c2)cc1C(=O)N[C@@H](C)c1ccccc1C(F)(F)F. The maximum Gasteiger partial charge on any atom is 0.416 e. The fraction of sp³-hybridized carbons (Fsp3) is 0.259. The molecule has 1 aliphatic carbocycles. The number of alkyl halides is 3. The van der Waals surface area contributed by atoms with Crippen LogP contribution >= 0.6 is 0 Å². The van der Waals surface area contributed by atoms with Crippen LogP contribution in [0.25, 0.3) is 22.0 Å². The van der Waals surface area contributed by atoms with Crippen LogP contribution in [0.15, 0.2) is 54.7 Å². The first kappa shape index (κ1) is 21.7. The Kier molecular flexibility index (Phi) is 5.59. The van der Waals surface area contributed by atoms with Gasteiger partial charge in [-0.15, -0.1) is 0 Å². The number of ether oxygens (including phenoxy) is 1. The summed E-state index contributed by atoms with van der Waals surface area (Å²) in [4.78, 5) is 29.8. The number of hydrogen-bond acceptors (Lipinski definition) is 5. The van der Waals surface area contributed by atoms with Crippen LogP contribution in [0.4, 0.5) is 13.2 Å². The zero-order chi connectivity index (χ0) is 29.5. The van der Waals surface area contributed by atoms with E-state index >= 15 is 0 Å². The number of hydrogen-bond donors (Lipinski definition) is 3. The van der Waals surface area contributed by atoms with Gasteiger partial charge in [-0.1, -0.05) is 24.3 Å². The molecule has 11 heteroatoms. The fourth-order valence-corrected chi connectivity index (χ4v) is 4.19. The van der Waals surface area contributed by atoms with Gasteiger partial charge in [-0.05, 0) is 55.2 Å². The zero-order valence-electron chi connectivity index (χ0n) is 23.0. The minimum absolute atomic E-state index is 0.157. The normalized spacial score (nSPS) is 15.7. The van der Waals surface area contributed by atoms with E-state index in [1.807, 2.05) is 0 Å². The van der Waals surface area contributed by atoms with Gasteiger partial charge in [0, 0.05) is 23.2 Å². The maximum atomic E-state index is 13.5. The van der Waals surface area contributed by atoms with Crippen molar-refractivity contribution in [2.24, 2.45) is 0 Å². The number of halogens is 3. The fourth-order valence-electron chi connectivity index (χ4n) is 4.19. The van der Waals surface area contributed by atoms with Crippen molar-refractivity contribution < 1.29 is 31.6 Å². The van der Waals surface area contributed by atoms with Crippen LogP contribution in [0.2, 0.25) is 0 Å². The largest absolute Gasteiger partial charge is 0.480 e. The highest BCUT2D eigenvalue weighted by Gasteiger charge is 2.34. The molecule has 1 aliphatic rings. The van der Waals surface area contributed by atoms with Crippen LogP contribution in [0.5, 0.6) is 5.88 Å². The number of methoxy groups -OCH3 is 1. The van der Waals surface area contributed by atoms with E-state index in [0.29, 0.717) is 22.0 Å². The third-order valence-electron chi connectivity index (χ3n) is 6.30. The lowest BCUT2D eigenvalue weighted by Crippen LogP contribution is -2.29. The number of nitrogens with one attached hydrogen (secondary N) is 3. The number of fused-ring (bicyclic) bond motifs is 1. The Bertz CT molecular complexity index is 1630. The Hall–Kier alpha value is -4.41. The number of amides is 2. The molecule has 2 aromatic carbocycles. The molecule has 0 aliphatic heterocycles. The molecule has 0 saturated heterocycles. The average Bonchev–Trinajstić information content (AvgIpc) is 3.61. The summed E-state index contributed by atoms with van der Waals surface area (Å²) in [6, 6.07) is 10.3. The topological polar surface area (TPSA) is 109 Å². The molecule has 1 atom stereocenters. The lowest BCUT2D eigenvalue weighted by molar-refractivity contribution is -0.138. The molecule has 2 amide bonds. The van der Waals surface area contributed by atoms with Crippen LogP contribution < -0.4 is 15.4 Å². The van der Waals surface area contributed by atoms with E-state index in [1.165, 1.54) is 37.4 Å². The molecule has 1 fully saturated rings. The second kappa shape index (κ2) is 9.81. The van der Waals surface area contributed by atoms with Gasteiger partial charge in [-0.3, -0.25) is 14.7 Å². The van der Waals surface area contributed by atoms with Gasteiger partial charge >= 0.3 is 6.18 Å². The van der Waals surface area contributed by atoms with E-state index < -0.39 is 36.6 Å². The van der Waals surface area contributed by atoms with Gasteiger partial charge in [0.05, 0.1) is 28.3 Å². The number of nitrogens with zero attached hydrogens (tertiary/aromatic N) is 2. The molecular weight excluding hydrogens is 499 g/mol. The van der Waals surface area contributed by atoms with Crippen LogP contribution in [0.3, 0.4) is 0 Å². The van der Waals surface area contributed by atoms with Gasteiger partial charge in [-0.25, -0.2) is 4.98 Å². The molecule has 0 bridgehead atoms. The Balaban J connectivity index is 1.47. The van der Waals surface area contributed by atoms with Crippen molar-refractivity contribution >= 4 is 22.7 Å². The monoisotopic (exact) mass is 526 g/mol. The summed E-state index contributed by atoms with van der Waals surface area (Å²) in [5, 5.41) is 12.9. The Morgan fingerprint density at radius 1 is 1.13 bits per heavy atom. The molecule has 38 heavy (non-hydrogen) atoms. The van der Waals surface area contributed by atoms with Crippen molar-refractivity contribution in [2.75, 3.05) is 7.04 Å². The second-order valence-corrected chi connectivity index (χ2v) is 9.04. The minimum atomic E-state index is -4.64. The average molecular weight is 527 g/mol. The molecule has 0 spiro atoms. The van der Waals surface area contributed by atoms with Crippen molar-refractivity contribution in [2.45, 2.75) is 38.0 Å². The van der Waals surface area contributed by atoms with Gasteiger partial charge in [-0.2, -0.15) is 18.3 Å². The summed E-state index contributed by atoms with van der Waals surface area (Å²) < 4.78 is 67.9. The number of H-pyrrole nitrogens is 1. The first-order valence-electron chi connectivity index (χ1n) is 13.3. The molecule has 1 saturated carbocycles. The van der Waals surface area contributed by atoms with Crippen molar-refractivity contribution in [3.05, 3.63) is 77.1 Å². The van der Waals surface area contributed by atoms with Gasteiger partial charge < -0.3 is 15.4 Å². The van der Waals surface area contributed by atoms with E-state index in [9.17, 15) is 22.8 Å². The molecule has 4 aromatic rings. The number of carbonyl (C=O) groups excluding carboxylic acids is 2. The smallest absolute Gasteiger partial charge is 0.416 e. The van der Waals surface area contributed by atoms with Crippen molar-refractivity contribution in [3.63, 3.8) is 0 Å². The highest BCUT2D eigenvalue weighted by atomic mass is 19.4. The van der Waals surface area contributed by atoms with Gasteiger partial charge in [0.2, 0.25) is 5.88 Å². The first-order chi connectivity index (χ1) is 19.3. The summed E-state index contributed by atoms with van der Waals surface area (Å²) >= 11 is 0. The molecule has 3 N–H and O–H groups in total. The summed E-state index contributed by atoms with van der Waals surface area (Å²) in [5.74, 6) is -1.69. The van der Waals surface area contributed by atoms with E-state index in [4.69, 9.17) is 8.85 Å². The number of rotatable bonds is 7. The predicted octanol–water partition coefficient (Wildman–Crippen LogP) is 5.04. The van der Waals surface area contributed by atoms with E-state index in [-0.39, 0.29) is 28.8 Å². The summed E-state index contributed by atoms with van der Waals surface area (Å²) in [6.45, 7) is 1.38. The summed E-state index contributed by atoms with van der Waals surface area (Å²) in [6.07, 6.45) is -1.48. The summed E-state index contributed by atoms with van der Waals surface area (Å²) in [7, 11) is -2.94. The van der Waals surface area contributed by atoms with Gasteiger partial charge in [0.1, 0.15) is 5.56 Å². The van der Waals surface area contributed by atoms with Gasteiger partial charge in [0.25, 0.3) is 11.8 Å². The summed E-state index contributed by atoms with van der Waals surface area (Å²) in [5.41, 5.74) is 0.355. The lowest BCUT2D eigenvalue weighted by Gasteiger charge is -2.20. The number of carbonyl (C=O) groups is 2. The maximum absolute atomic E-state index is 13.5. The van der Waals surface area contributed by atoms with Crippen LogP contribution in [-0.2, 0) is 6.18 Å². The van der Waals surface area contributed by atoms with E-state index in [1.54, 1.807) is 18.2 Å². The van der Waals surface area contributed by atoms with E-state index in [0.717, 1.165) is 18.9 Å². The molecule has 2 heterocycles. The third-order valence-corrected chi connectivity index (χ3v) is 6.30. The number of aromatic nitrogens is 3. The third kappa shape index (κ3) is 5.04. The van der Waals surface area contributed by atoms with Crippen LogP contribution in [-0.4, -0.2) is 40.1 Å². The zero-order valence-corrected chi connectivity index (χ0v) is 20.0. The number of benzene rings is 2. The van der Waals surface area contributed by atoms with Crippen molar-refractivity contribution in [3.8, 4) is 17.0 Å². The molecule has 5 rings (SSSR count). The molecule has 2 aromatic heterocycles. The number of pyridine rings is 1. The van der Waals surface area contributed by atoms with Crippen LogP contribution in [0, 0.1) is 0 Å². The van der Waals surface area contributed by atoms with Crippen molar-refractivity contribution in [1.29, 1.82) is 0 Å². The Morgan fingerprint density at radius 2 is 1.92 bits per heavy atom. The number of aromatic amines is 1. The second-order valence-electron chi connectivity index (χ2n) is 9.04. The lowest BCUT2D eigenvalue weighted by atomic mass is 10.00. The highest BCUT2D eigenvalue weighted by Crippen LogP contribution is 2.35.